The van der Waals surface area contributed by atoms with E-state index in [1.807, 2.05) is 6.92 Å². The summed E-state index contributed by atoms with van der Waals surface area (Å²) >= 11 is 0. The molecule has 2 aromatic heterocycles. The lowest BCUT2D eigenvalue weighted by Crippen LogP contribution is -2.45. The van der Waals surface area contributed by atoms with Crippen LogP contribution in [0.15, 0.2) is 30.5 Å². The number of halogens is 3. The minimum atomic E-state index is -4.89. The Bertz CT molecular complexity index is 1320. The molecule has 1 aliphatic rings. The first kappa shape index (κ1) is 23.5. The van der Waals surface area contributed by atoms with Gasteiger partial charge >= 0.3 is 6.18 Å². The predicted octanol–water partition coefficient (Wildman–Crippen LogP) is 3.45. The van der Waals surface area contributed by atoms with Crippen LogP contribution >= 0.6 is 0 Å². The molecule has 3 aromatic rings. The van der Waals surface area contributed by atoms with Crippen molar-refractivity contribution in [1.29, 1.82) is 5.26 Å². The van der Waals surface area contributed by atoms with Crippen molar-refractivity contribution in [3.8, 4) is 17.3 Å². The number of benzene rings is 1. The van der Waals surface area contributed by atoms with Gasteiger partial charge in [-0.05, 0) is 44.5 Å². The highest BCUT2D eigenvalue weighted by Crippen LogP contribution is 2.40. The second kappa shape index (κ2) is 7.99. The van der Waals surface area contributed by atoms with Crippen LogP contribution < -0.4 is 0 Å². The molecule has 0 spiro atoms. The third-order valence-electron chi connectivity index (χ3n) is 6.16. The van der Waals surface area contributed by atoms with Gasteiger partial charge in [0.25, 0.3) is 5.91 Å². The normalized spacial score (nSPS) is 17.7. The highest BCUT2D eigenvalue weighted by atomic mass is 19.4. The molecule has 34 heavy (non-hydrogen) atoms. The monoisotopic (exact) mass is 472 g/mol. The Morgan fingerprint density at radius 3 is 2.62 bits per heavy atom. The molecule has 0 fully saturated rings. The van der Waals surface area contributed by atoms with Gasteiger partial charge in [0.2, 0.25) is 5.60 Å². The largest absolute Gasteiger partial charge is 0.424 e. The molecule has 0 radical (unpaired) electrons. The van der Waals surface area contributed by atoms with Crippen LogP contribution in [-0.2, 0) is 19.2 Å². The van der Waals surface area contributed by atoms with Crippen LogP contribution in [0.4, 0.5) is 13.2 Å². The lowest BCUT2D eigenvalue weighted by Gasteiger charge is -2.36. The molecule has 0 unspecified atom stereocenters. The van der Waals surface area contributed by atoms with E-state index in [9.17, 15) is 23.1 Å². The molecule has 4 rings (SSSR count). The number of rotatable bonds is 3. The Balaban J connectivity index is 1.63. The van der Waals surface area contributed by atoms with Gasteiger partial charge in [0.05, 0.1) is 41.8 Å². The maximum Gasteiger partial charge on any atom is 0.424 e. The van der Waals surface area contributed by atoms with Gasteiger partial charge in [0.1, 0.15) is 5.69 Å². The number of carbonyl (C=O) groups excluding carboxylic acids is 1. The third-order valence-corrected chi connectivity index (χ3v) is 6.16. The highest BCUT2D eigenvalue weighted by molar-refractivity contribution is 5.94. The topological polar surface area (TPSA) is 100.0 Å². The number of nitriles is 1. The van der Waals surface area contributed by atoms with E-state index in [0.29, 0.717) is 29.6 Å². The first-order chi connectivity index (χ1) is 15.8. The third kappa shape index (κ3) is 3.74. The summed E-state index contributed by atoms with van der Waals surface area (Å²) in [6.45, 7) is 4.39. The fourth-order valence-electron chi connectivity index (χ4n) is 4.29. The zero-order valence-corrected chi connectivity index (χ0v) is 19.1. The van der Waals surface area contributed by atoms with Crippen molar-refractivity contribution in [2.45, 2.75) is 45.1 Å². The number of fused-ring (bicyclic) bond motifs is 1. The van der Waals surface area contributed by atoms with Crippen LogP contribution in [0, 0.1) is 18.3 Å². The Morgan fingerprint density at radius 1 is 1.29 bits per heavy atom. The van der Waals surface area contributed by atoms with Crippen molar-refractivity contribution in [2.24, 2.45) is 7.05 Å². The Kier molecular flexibility index (Phi) is 5.52. The van der Waals surface area contributed by atoms with Crippen molar-refractivity contribution in [2.75, 3.05) is 6.54 Å². The maximum absolute atomic E-state index is 13.4. The minimum absolute atomic E-state index is 0.0422. The van der Waals surface area contributed by atoms with Crippen LogP contribution in [-0.4, -0.2) is 48.0 Å². The van der Waals surface area contributed by atoms with E-state index in [1.165, 1.54) is 20.3 Å². The summed E-state index contributed by atoms with van der Waals surface area (Å²) in [4.78, 5) is 18.7. The van der Waals surface area contributed by atoms with Gasteiger partial charge < -0.3 is 14.6 Å². The minimum Gasteiger partial charge on any atom is -0.374 e. The molecule has 1 aliphatic heterocycles. The Hall–Kier alpha value is -3.65. The summed E-state index contributed by atoms with van der Waals surface area (Å²) in [5, 5.41) is 23.6. The average molecular weight is 472 g/mol. The number of hydrogen-bond acceptors (Lipinski definition) is 5. The molecular weight excluding hydrogens is 449 g/mol. The number of amides is 1. The number of imidazole rings is 1. The quantitative estimate of drug-likeness (QED) is 0.630. The smallest absolute Gasteiger partial charge is 0.374 e. The predicted molar refractivity (Wildman–Crippen MR) is 115 cm³/mol. The Labute approximate surface area is 193 Å². The van der Waals surface area contributed by atoms with Gasteiger partial charge in [-0.15, -0.1) is 0 Å². The number of nitrogens with zero attached hydrogens (tertiary/aromatic N) is 6. The highest BCUT2D eigenvalue weighted by Gasteiger charge is 2.55. The van der Waals surface area contributed by atoms with Gasteiger partial charge in [-0.25, -0.2) is 4.98 Å². The molecule has 0 saturated carbocycles. The molecule has 11 heteroatoms. The van der Waals surface area contributed by atoms with Crippen molar-refractivity contribution in [3.63, 3.8) is 0 Å². The van der Waals surface area contributed by atoms with Crippen molar-refractivity contribution in [3.05, 3.63) is 58.8 Å². The summed E-state index contributed by atoms with van der Waals surface area (Å²) in [5.74, 6) is -0.815. The number of alkyl halides is 3. The average Bonchev–Trinajstić information content (AvgIpc) is 3.36. The van der Waals surface area contributed by atoms with E-state index in [1.54, 1.807) is 38.2 Å². The van der Waals surface area contributed by atoms with E-state index in [-0.39, 0.29) is 19.0 Å². The first-order valence-electron chi connectivity index (χ1n) is 10.5. The first-order valence-corrected chi connectivity index (χ1v) is 10.5. The van der Waals surface area contributed by atoms with E-state index in [2.05, 4.69) is 16.2 Å². The number of aryl methyl sites for hydroxylation is 2. The fourth-order valence-corrected chi connectivity index (χ4v) is 4.29. The number of aromatic nitrogens is 4. The van der Waals surface area contributed by atoms with Crippen LogP contribution in [0.2, 0.25) is 0 Å². The molecule has 1 amide bonds. The van der Waals surface area contributed by atoms with Gasteiger partial charge in [-0.2, -0.15) is 23.5 Å². The van der Waals surface area contributed by atoms with Gasteiger partial charge in [-0.3, -0.25) is 9.48 Å². The number of carbonyl (C=O) groups is 1. The second-order valence-electron chi connectivity index (χ2n) is 8.73. The number of hydrogen-bond donors (Lipinski definition) is 1. The van der Waals surface area contributed by atoms with Gasteiger partial charge in [-0.1, -0.05) is 6.07 Å². The molecule has 178 valence electrons. The second-order valence-corrected chi connectivity index (χ2v) is 8.73. The molecule has 8 nitrogen and oxygen atoms in total. The van der Waals surface area contributed by atoms with Crippen molar-refractivity contribution in [1.82, 2.24) is 24.2 Å². The molecule has 1 aromatic carbocycles. The molecule has 2 atom stereocenters. The van der Waals surface area contributed by atoms with E-state index in [4.69, 9.17) is 5.26 Å². The van der Waals surface area contributed by atoms with E-state index in [0.717, 1.165) is 11.1 Å². The van der Waals surface area contributed by atoms with Crippen LogP contribution in [0.5, 0.6) is 0 Å². The molecule has 3 heterocycles. The Morgan fingerprint density at radius 2 is 2.00 bits per heavy atom. The lowest BCUT2D eigenvalue weighted by molar-refractivity contribution is -0.263. The lowest BCUT2D eigenvalue weighted by atomic mass is 10.0. The molecule has 0 aliphatic carbocycles. The summed E-state index contributed by atoms with van der Waals surface area (Å²) in [5.41, 5.74) is 0.344. The van der Waals surface area contributed by atoms with E-state index >= 15 is 0 Å². The summed E-state index contributed by atoms with van der Waals surface area (Å²) < 4.78 is 43.0. The molecule has 1 N–H and O–H groups in total. The summed E-state index contributed by atoms with van der Waals surface area (Å²) in [6, 6.07) is 8.41. The fraction of sp³-hybridized carbons (Fsp3) is 0.391. The molecule has 0 saturated heterocycles. The van der Waals surface area contributed by atoms with Crippen molar-refractivity contribution >= 4 is 5.91 Å². The van der Waals surface area contributed by atoms with Crippen LogP contribution in [0.1, 0.15) is 53.0 Å². The van der Waals surface area contributed by atoms with E-state index < -0.39 is 23.6 Å². The SMILES string of the molecule is Cc1cc(C#N)ccc1-c1cc(C(=O)N2Cc3cnc([C@@](C)(O)C(F)(F)F)n3[C@@H](C)C2)n(C)n1. The van der Waals surface area contributed by atoms with Gasteiger partial charge in [0, 0.05) is 19.2 Å². The zero-order chi connectivity index (χ0) is 25.0. The van der Waals surface area contributed by atoms with Crippen molar-refractivity contribution < 1.29 is 23.1 Å². The van der Waals surface area contributed by atoms with Crippen LogP contribution in [0.25, 0.3) is 11.3 Å². The zero-order valence-electron chi connectivity index (χ0n) is 19.1. The summed E-state index contributed by atoms with van der Waals surface area (Å²) in [6.07, 6.45) is -3.63. The molecule has 0 bridgehead atoms. The standard InChI is InChI=1S/C23H23F3N6O2/c1-13-7-15(9-27)5-6-17(13)18-8-19(30(4)29-18)20(33)31-11-14(2)32-16(12-31)10-28-21(32)22(3,34)23(24,25)26/h5-8,10,14,34H,11-12H2,1-4H3/t14-,22+/m0/s1. The van der Waals surface area contributed by atoms with Crippen LogP contribution in [0.3, 0.4) is 0 Å². The maximum atomic E-state index is 13.4. The number of aliphatic hydroxyl groups is 1. The van der Waals surface area contributed by atoms with Gasteiger partial charge in [0.15, 0.2) is 5.82 Å². The summed E-state index contributed by atoms with van der Waals surface area (Å²) in [7, 11) is 1.64. The molecular formula is C23H23F3N6O2.